The molecule has 0 N–H and O–H groups in total. The lowest BCUT2D eigenvalue weighted by atomic mass is 10.2. The van der Waals surface area contributed by atoms with Crippen molar-refractivity contribution >= 4 is 20.8 Å². The Kier molecular flexibility index (Phi) is 3.82. The Hall–Kier alpha value is -1.66. The number of benzene rings is 1. The monoisotopic (exact) mass is 306 g/mol. The average Bonchev–Trinajstić information content (AvgIpc) is 2.75. The molecule has 1 fully saturated rings. The predicted octanol–water partition coefficient (Wildman–Crippen LogP) is 2.04. The van der Waals surface area contributed by atoms with Crippen LogP contribution in [0.5, 0.6) is 0 Å². The second-order valence-corrected chi connectivity index (χ2v) is 7.29. The molecule has 1 aromatic carbocycles. The SMILES string of the molecule is O=S(=O)(c1cccc2c[n+]([O-])ccc12)N1CCCCCC1. The maximum atomic E-state index is 12.9. The van der Waals surface area contributed by atoms with Crippen LogP contribution in [0.2, 0.25) is 0 Å². The number of hydrogen-bond donors (Lipinski definition) is 0. The Balaban J connectivity index is 2.10. The number of rotatable bonds is 2. The van der Waals surface area contributed by atoms with Crippen molar-refractivity contribution in [2.75, 3.05) is 13.1 Å². The third-order valence-electron chi connectivity index (χ3n) is 3.94. The van der Waals surface area contributed by atoms with E-state index >= 15 is 0 Å². The summed E-state index contributed by atoms with van der Waals surface area (Å²) in [5.41, 5.74) is 0. The normalized spacial score (nSPS) is 17.7. The summed E-state index contributed by atoms with van der Waals surface area (Å²) in [6.07, 6.45) is 6.71. The fraction of sp³-hybridized carbons (Fsp3) is 0.400. The van der Waals surface area contributed by atoms with Crippen LogP contribution < -0.4 is 4.73 Å². The van der Waals surface area contributed by atoms with E-state index in [-0.39, 0.29) is 0 Å². The van der Waals surface area contributed by atoms with Gasteiger partial charge in [-0.3, -0.25) is 0 Å². The van der Waals surface area contributed by atoms with Gasteiger partial charge in [0.2, 0.25) is 10.0 Å². The highest BCUT2D eigenvalue weighted by molar-refractivity contribution is 7.89. The predicted molar refractivity (Wildman–Crippen MR) is 80.1 cm³/mol. The number of pyridine rings is 1. The van der Waals surface area contributed by atoms with Gasteiger partial charge in [-0.1, -0.05) is 18.9 Å². The van der Waals surface area contributed by atoms with Gasteiger partial charge >= 0.3 is 0 Å². The van der Waals surface area contributed by atoms with Crippen LogP contribution in [0.1, 0.15) is 25.7 Å². The number of nitrogens with zero attached hydrogens (tertiary/aromatic N) is 2. The molecule has 1 aromatic heterocycles. The molecule has 1 saturated heterocycles. The van der Waals surface area contributed by atoms with Crippen molar-refractivity contribution in [3.8, 4) is 0 Å². The smallest absolute Gasteiger partial charge is 0.243 e. The standard InChI is InChI=1S/C15H18N2O3S/c18-16-11-8-14-13(12-16)6-5-7-15(14)21(19,20)17-9-3-1-2-4-10-17/h5-8,11-12H,1-4,9-10H2. The van der Waals surface area contributed by atoms with Crippen molar-refractivity contribution in [1.29, 1.82) is 0 Å². The lowest BCUT2D eigenvalue weighted by Crippen LogP contribution is -2.32. The third-order valence-corrected chi connectivity index (χ3v) is 5.89. The first-order chi connectivity index (χ1) is 10.1. The van der Waals surface area contributed by atoms with Gasteiger partial charge in [0.1, 0.15) is 0 Å². The minimum absolute atomic E-state index is 0.294. The van der Waals surface area contributed by atoms with Gasteiger partial charge in [0.05, 0.1) is 4.90 Å². The molecule has 21 heavy (non-hydrogen) atoms. The number of aromatic nitrogens is 1. The van der Waals surface area contributed by atoms with Crippen molar-refractivity contribution in [3.63, 3.8) is 0 Å². The molecule has 0 bridgehead atoms. The van der Waals surface area contributed by atoms with Gasteiger partial charge in [0, 0.05) is 29.9 Å². The summed E-state index contributed by atoms with van der Waals surface area (Å²) in [7, 11) is -3.50. The van der Waals surface area contributed by atoms with E-state index in [0.717, 1.165) is 25.7 Å². The maximum Gasteiger partial charge on any atom is 0.243 e. The molecular formula is C15H18N2O3S. The topological polar surface area (TPSA) is 64.3 Å². The van der Waals surface area contributed by atoms with E-state index in [0.29, 0.717) is 33.5 Å². The quantitative estimate of drug-likeness (QED) is 0.630. The number of sulfonamides is 1. The molecule has 1 aliphatic rings. The van der Waals surface area contributed by atoms with Gasteiger partial charge in [-0.05, 0) is 25.0 Å². The summed E-state index contributed by atoms with van der Waals surface area (Å²) >= 11 is 0. The third kappa shape index (κ3) is 2.73. The summed E-state index contributed by atoms with van der Waals surface area (Å²) in [5, 5.41) is 12.6. The van der Waals surface area contributed by atoms with Gasteiger partial charge < -0.3 is 5.21 Å². The van der Waals surface area contributed by atoms with Crippen LogP contribution in [0.15, 0.2) is 41.6 Å². The van der Waals surface area contributed by atoms with Crippen LogP contribution in [-0.4, -0.2) is 25.8 Å². The Labute approximate surface area is 124 Å². The number of hydrogen-bond acceptors (Lipinski definition) is 3. The molecule has 2 aromatic rings. The highest BCUT2D eigenvalue weighted by Gasteiger charge is 2.26. The van der Waals surface area contributed by atoms with Gasteiger partial charge in [-0.25, -0.2) is 8.42 Å². The van der Waals surface area contributed by atoms with E-state index in [9.17, 15) is 13.6 Å². The number of fused-ring (bicyclic) bond motifs is 1. The zero-order valence-corrected chi connectivity index (χ0v) is 12.6. The largest absolute Gasteiger partial charge is 0.619 e. The van der Waals surface area contributed by atoms with Crippen LogP contribution in [0.25, 0.3) is 10.8 Å². The molecule has 6 heteroatoms. The first-order valence-corrected chi connectivity index (χ1v) is 8.65. The molecular weight excluding hydrogens is 288 g/mol. The van der Waals surface area contributed by atoms with Gasteiger partial charge in [-0.2, -0.15) is 9.04 Å². The first kappa shape index (κ1) is 14.3. The van der Waals surface area contributed by atoms with E-state index in [1.807, 2.05) is 0 Å². The molecule has 0 aliphatic carbocycles. The molecule has 1 aliphatic heterocycles. The molecule has 0 radical (unpaired) electrons. The van der Waals surface area contributed by atoms with Gasteiger partial charge in [-0.15, -0.1) is 0 Å². The summed E-state index contributed by atoms with van der Waals surface area (Å²) < 4.78 is 28.0. The van der Waals surface area contributed by atoms with E-state index in [4.69, 9.17) is 0 Å². The molecule has 2 heterocycles. The van der Waals surface area contributed by atoms with Crippen molar-refractivity contribution < 1.29 is 13.1 Å². The summed E-state index contributed by atoms with van der Waals surface area (Å²) in [6.45, 7) is 1.15. The van der Waals surface area contributed by atoms with Crippen LogP contribution in [0.3, 0.4) is 0 Å². The maximum absolute atomic E-state index is 12.9. The second-order valence-electron chi connectivity index (χ2n) is 5.38. The summed E-state index contributed by atoms with van der Waals surface area (Å²) in [6, 6.07) is 6.64. The average molecular weight is 306 g/mol. The fourth-order valence-corrected chi connectivity index (χ4v) is 4.56. The van der Waals surface area contributed by atoms with E-state index in [1.54, 1.807) is 28.6 Å². The lowest BCUT2D eigenvalue weighted by molar-refractivity contribution is -0.603. The fourth-order valence-electron chi connectivity index (χ4n) is 2.83. The van der Waals surface area contributed by atoms with E-state index in [1.165, 1.54) is 12.4 Å². The van der Waals surface area contributed by atoms with Gasteiger partial charge in [0.25, 0.3) is 0 Å². The van der Waals surface area contributed by atoms with Crippen molar-refractivity contribution in [2.45, 2.75) is 30.6 Å². The zero-order chi connectivity index (χ0) is 14.9. The van der Waals surface area contributed by atoms with E-state index < -0.39 is 10.0 Å². The highest BCUT2D eigenvalue weighted by atomic mass is 32.2. The Morgan fingerprint density at radius 3 is 2.48 bits per heavy atom. The molecule has 0 amide bonds. The second kappa shape index (κ2) is 5.61. The molecule has 5 nitrogen and oxygen atoms in total. The van der Waals surface area contributed by atoms with Crippen molar-refractivity contribution in [1.82, 2.24) is 4.31 Å². The van der Waals surface area contributed by atoms with Crippen molar-refractivity contribution in [3.05, 3.63) is 41.9 Å². The molecule has 112 valence electrons. The molecule has 0 unspecified atom stereocenters. The molecule has 0 saturated carbocycles. The van der Waals surface area contributed by atoms with Crippen molar-refractivity contribution in [2.24, 2.45) is 0 Å². The summed E-state index contributed by atoms with van der Waals surface area (Å²) in [4.78, 5) is 0.294. The molecule has 0 atom stereocenters. The minimum Gasteiger partial charge on any atom is -0.619 e. The Morgan fingerprint density at radius 2 is 1.76 bits per heavy atom. The van der Waals surface area contributed by atoms with Crippen LogP contribution in [0, 0.1) is 5.21 Å². The van der Waals surface area contributed by atoms with Gasteiger partial charge in [0.15, 0.2) is 12.4 Å². The molecule has 3 rings (SSSR count). The first-order valence-electron chi connectivity index (χ1n) is 7.21. The van der Waals surface area contributed by atoms with Crippen LogP contribution >= 0.6 is 0 Å². The molecule has 0 spiro atoms. The Morgan fingerprint density at radius 1 is 1.05 bits per heavy atom. The van der Waals surface area contributed by atoms with Crippen LogP contribution in [0.4, 0.5) is 0 Å². The zero-order valence-electron chi connectivity index (χ0n) is 11.7. The lowest BCUT2D eigenvalue weighted by Gasteiger charge is -2.20. The highest BCUT2D eigenvalue weighted by Crippen LogP contribution is 2.26. The minimum atomic E-state index is -3.50. The Bertz CT molecular complexity index is 751. The summed E-state index contributed by atoms with van der Waals surface area (Å²) in [5.74, 6) is 0. The van der Waals surface area contributed by atoms with Crippen LogP contribution in [-0.2, 0) is 10.0 Å². The van der Waals surface area contributed by atoms with E-state index in [2.05, 4.69) is 0 Å².